The van der Waals surface area contributed by atoms with Gasteiger partial charge < -0.3 is 4.90 Å². The molecule has 1 heterocycles. The van der Waals surface area contributed by atoms with Crippen LogP contribution in [0.2, 0.25) is 0 Å². The van der Waals surface area contributed by atoms with Gasteiger partial charge in [0.2, 0.25) is 0 Å². The first-order valence-corrected chi connectivity index (χ1v) is 5.20. The number of nitrogens with zero attached hydrogens (tertiary/aromatic N) is 1. The van der Waals surface area contributed by atoms with Crippen molar-refractivity contribution < 1.29 is 4.39 Å². The highest BCUT2D eigenvalue weighted by Gasteiger charge is 2.20. The van der Waals surface area contributed by atoms with E-state index in [1.165, 1.54) is 6.42 Å². The lowest BCUT2D eigenvalue weighted by Gasteiger charge is -2.30. The topological polar surface area (TPSA) is 3.24 Å². The Balaban J connectivity index is 2.18. The molecule has 0 aromatic heterocycles. The van der Waals surface area contributed by atoms with Gasteiger partial charge in [0.25, 0.3) is 0 Å². The van der Waals surface area contributed by atoms with Crippen LogP contribution in [0.4, 0.5) is 4.39 Å². The molecule has 2 heteroatoms. The molecule has 1 nitrogen and oxygen atoms in total. The molecule has 0 amide bonds. The third kappa shape index (κ3) is 1.95. The SMILES string of the molecule is CN1CCCC(c2ccccc2F)C1. The van der Waals surface area contributed by atoms with Crippen LogP contribution in [-0.4, -0.2) is 25.0 Å². The number of piperidine rings is 1. The van der Waals surface area contributed by atoms with Crippen LogP contribution >= 0.6 is 0 Å². The van der Waals surface area contributed by atoms with Gasteiger partial charge in [-0.05, 0) is 44.0 Å². The number of hydrogen-bond acceptors (Lipinski definition) is 1. The van der Waals surface area contributed by atoms with Crippen LogP contribution in [0.25, 0.3) is 0 Å². The summed E-state index contributed by atoms with van der Waals surface area (Å²) in [5.41, 5.74) is 0.888. The van der Waals surface area contributed by atoms with Crippen molar-refractivity contribution in [3.63, 3.8) is 0 Å². The average molecular weight is 193 g/mol. The fourth-order valence-corrected chi connectivity index (χ4v) is 2.23. The van der Waals surface area contributed by atoms with E-state index >= 15 is 0 Å². The van der Waals surface area contributed by atoms with E-state index in [1.807, 2.05) is 12.1 Å². The molecule has 1 aromatic carbocycles. The molecule has 2 rings (SSSR count). The minimum absolute atomic E-state index is 0.0483. The van der Waals surface area contributed by atoms with E-state index in [0.29, 0.717) is 5.92 Å². The molecule has 0 N–H and O–H groups in total. The van der Waals surface area contributed by atoms with E-state index in [2.05, 4.69) is 11.9 Å². The van der Waals surface area contributed by atoms with Crippen molar-refractivity contribution in [3.05, 3.63) is 35.6 Å². The Morgan fingerprint density at radius 1 is 1.36 bits per heavy atom. The zero-order valence-corrected chi connectivity index (χ0v) is 8.54. The summed E-state index contributed by atoms with van der Waals surface area (Å²) in [4.78, 5) is 2.28. The van der Waals surface area contributed by atoms with E-state index in [9.17, 15) is 4.39 Å². The predicted octanol–water partition coefficient (Wildman–Crippen LogP) is 2.63. The molecule has 1 aliphatic rings. The molecule has 0 radical (unpaired) electrons. The van der Waals surface area contributed by atoms with Crippen LogP contribution in [-0.2, 0) is 0 Å². The molecular weight excluding hydrogens is 177 g/mol. The zero-order valence-electron chi connectivity index (χ0n) is 8.54. The maximum atomic E-state index is 13.5. The van der Waals surface area contributed by atoms with Crippen molar-refractivity contribution in [1.29, 1.82) is 0 Å². The highest BCUT2D eigenvalue weighted by atomic mass is 19.1. The summed E-state index contributed by atoms with van der Waals surface area (Å²) < 4.78 is 13.5. The highest BCUT2D eigenvalue weighted by Crippen LogP contribution is 2.27. The number of hydrogen-bond donors (Lipinski definition) is 0. The van der Waals surface area contributed by atoms with Gasteiger partial charge in [-0.25, -0.2) is 4.39 Å². The molecule has 0 spiro atoms. The molecule has 76 valence electrons. The van der Waals surface area contributed by atoms with E-state index in [1.54, 1.807) is 12.1 Å². The van der Waals surface area contributed by atoms with E-state index in [4.69, 9.17) is 0 Å². The van der Waals surface area contributed by atoms with Gasteiger partial charge in [-0.3, -0.25) is 0 Å². The summed E-state index contributed by atoms with van der Waals surface area (Å²) in [5, 5.41) is 0. The van der Waals surface area contributed by atoms with Crippen molar-refractivity contribution >= 4 is 0 Å². The summed E-state index contributed by atoms with van der Waals surface area (Å²) in [6.45, 7) is 2.13. The van der Waals surface area contributed by atoms with Crippen LogP contribution in [0.5, 0.6) is 0 Å². The maximum absolute atomic E-state index is 13.5. The van der Waals surface area contributed by atoms with Crippen molar-refractivity contribution in [2.24, 2.45) is 0 Å². The van der Waals surface area contributed by atoms with Crippen LogP contribution in [0, 0.1) is 5.82 Å². The molecule has 0 bridgehead atoms. The average Bonchev–Trinajstić information content (AvgIpc) is 2.18. The second-order valence-corrected chi connectivity index (χ2v) is 4.12. The van der Waals surface area contributed by atoms with Gasteiger partial charge in [-0.1, -0.05) is 18.2 Å². The number of halogens is 1. The van der Waals surface area contributed by atoms with Gasteiger partial charge in [0.15, 0.2) is 0 Å². The lowest BCUT2D eigenvalue weighted by molar-refractivity contribution is 0.248. The summed E-state index contributed by atoms with van der Waals surface area (Å²) >= 11 is 0. The Hall–Kier alpha value is -0.890. The summed E-state index contributed by atoms with van der Waals surface area (Å²) in [6, 6.07) is 7.15. The number of rotatable bonds is 1. The van der Waals surface area contributed by atoms with Gasteiger partial charge in [0.1, 0.15) is 5.82 Å². The van der Waals surface area contributed by atoms with Gasteiger partial charge >= 0.3 is 0 Å². The second-order valence-electron chi connectivity index (χ2n) is 4.12. The summed E-state index contributed by atoms with van der Waals surface area (Å²) in [7, 11) is 2.10. The first kappa shape index (κ1) is 9.66. The van der Waals surface area contributed by atoms with Crippen LogP contribution in [0.1, 0.15) is 24.3 Å². The monoisotopic (exact) mass is 193 g/mol. The minimum atomic E-state index is -0.0483. The zero-order chi connectivity index (χ0) is 9.97. The molecule has 1 aromatic rings. The second kappa shape index (κ2) is 4.09. The molecule has 0 aliphatic carbocycles. The van der Waals surface area contributed by atoms with Gasteiger partial charge in [0, 0.05) is 6.54 Å². The normalized spacial score (nSPS) is 23.7. The Bertz CT molecular complexity index is 311. The Labute approximate surface area is 84.5 Å². The molecule has 1 aliphatic heterocycles. The molecular formula is C12H16FN. The van der Waals surface area contributed by atoms with Crippen LogP contribution in [0.15, 0.2) is 24.3 Å². The van der Waals surface area contributed by atoms with Crippen LogP contribution < -0.4 is 0 Å². The van der Waals surface area contributed by atoms with E-state index < -0.39 is 0 Å². The predicted molar refractivity (Wildman–Crippen MR) is 55.9 cm³/mol. The molecule has 1 unspecified atom stereocenters. The number of likely N-dealkylation sites (N-methyl/N-ethyl adjacent to an activating group) is 1. The summed E-state index contributed by atoms with van der Waals surface area (Å²) in [6.07, 6.45) is 2.29. The third-order valence-electron chi connectivity index (χ3n) is 2.97. The largest absolute Gasteiger partial charge is 0.306 e. The first-order chi connectivity index (χ1) is 6.77. The van der Waals surface area contributed by atoms with E-state index in [0.717, 1.165) is 25.1 Å². The van der Waals surface area contributed by atoms with Crippen molar-refractivity contribution in [2.75, 3.05) is 20.1 Å². The molecule has 0 saturated carbocycles. The Morgan fingerprint density at radius 3 is 2.86 bits per heavy atom. The van der Waals surface area contributed by atoms with Crippen molar-refractivity contribution in [3.8, 4) is 0 Å². The lowest BCUT2D eigenvalue weighted by atomic mass is 9.90. The van der Waals surface area contributed by atoms with Crippen molar-refractivity contribution in [2.45, 2.75) is 18.8 Å². The Morgan fingerprint density at radius 2 is 2.14 bits per heavy atom. The number of likely N-dealkylation sites (tertiary alicyclic amines) is 1. The maximum Gasteiger partial charge on any atom is 0.126 e. The molecule has 1 atom stereocenters. The third-order valence-corrected chi connectivity index (χ3v) is 2.97. The van der Waals surface area contributed by atoms with Gasteiger partial charge in [-0.2, -0.15) is 0 Å². The van der Waals surface area contributed by atoms with Gasteiger partial charge in [0.05, 0.1) is 0 Å². The minimum Gasteiger partial charge on any atom is -0.306 e. The smallest absolute Gasteiger partial charge is 0.126 e. The molecule has 14 heavy (non-hydrogen) atoms. The Kier molecular flexibility index (Phi) is 2.82. The first-order valence-electron chi connectivity index (χ1n) is 5.20. The van der Waals surface area contributed by atoms with Crippen LogP contribution in [0.3, 0.4) is 0 Å². The fraction of sp³-hybridized carbons (Fsp3) is 0.500. The van der Waals surface area contributed by atoms with E-state index in [-0.39, 0.29) is 5.82 Å². The molecule has 1 saturated heterocycles. The lowest BCUT2D eigenvalue weighted by Crippen LogP contribution is -2.31. The number of benzene rings is 1. The van der Waals surface area contributed by atoms with Gasteiger partial charge in [-0.15, -0.1) is 0 Å². The van der Waals surface area contributed by atoms with Crippen molar-refractivity contribution in [1.82, 2.24) is 4.90 Å². The molecule has 1 fully saturated rings. The summed E-state index contributed by atoms with van der Waals surface area (Å²) in [5.74, 6) is 0.336. The highest BCUT2D eigenvalue weighted by molar-refractivity contribution is 5.22. The fourth-order valence-electron chi connectivity index (χ4n) is 2.23. The quantitative estimate of drug-likeness (QED) is 0.662. The standard InChI is InChI=1S/C12H16FN/c1-14-8-4-5-10(9-14)11-6-2-3-7-12(11)13/h2-3,6-7,10H,4-5,8-9H2,1H3.